The zero-order valence-corrected chi connectivity index (χ0v) is 43.6. The third-order valence-electron chi connectivity index (χ3n) is 10.2. The average Bonchev–Trinajstić information content (AvgIpc) is 3.66. The van der Waals surface area contributed by atoms with Gasteiger partial charge in [0.15, 0.2) is 0 Å². The van der Waals surface area contributed by atoms with Crippen molar-refractivity contribution in [2.45, 2.75) is 151 Å². The molecular weight excluding hydrogens is 841 g/mol. The van der Waals surface area contributed by atoms with Gasteiger partial charge in [-0.2, -0.15) is 23.5 Å². The number of nitrogens with zero attached hydrogens (tertiary/aromatic N) is 1. The number of amides is 1. The molecule has 0 spiro atoms. The third kappa shape index (κ3) is 31.3. The van der Waals surface area contributed by atoms with Crippen LogP contribution >= 0.6 is 23.5 Å². The third-order valence-corrected chi connectivity index (χ3v) is 11.8. The van der Waals surface area contributed by atoms with Crippen LogP contribution in [0.15, 0.2) is 42.5 Å². The fraction of sp³-hybridized carbons (Fsp3) is 0.694. The van der Waals surface area contributed by atoms with Crippen LogP contribution in [0.2, 0.25) is 0 Å². The summed E-state index contributed by atoms with van der Waals surface area (Å²) in [5, 5.41) is 20.4. The molecule has 4 rings (SSSR count). The van der Waals surface area contributed by atoms with E-state index in [2.05, 4.69) is 42.6 Å². The number of sulfone groups is 1. The van der Waals surface area contributed by atoms with Gasteiger partial charge in [-0.05, 0) is 111 Å². The number of ether oxygens (including phenoxy) is 1. The maximum atomic E-state index is 13.2. The number of rotatable bonds is 15. The summed E-state index contributed by atoms with van der Waals surface area (Å²) in [5.41, 5.74) is 4.10. The Labute approximate surface area is 387 Å². The molecule has 0 aromatic heterocycles. The molecule has 62 heavy (non-hydrogen) atoms. The number of unbranched alkanes of at least 4 members (excludes halogenated alkanes) is 1. The smallest absolute Gasteiger partial charge is 0.326 e. The summed E-state index contributed by atoms with van der Waals surface area (Å²) < 4.78 is 27.2. The Balaban J connectivity index is -0.000000969. The summed E-state index contributed by atoms with van der Waals surface area (Å²) in [4.78, 5) is 37.4. The van der Waals surface area contributed by atoms with Crippen molar-refractivity contribution in [3.05, 3.63) is 59.2 Å². The highest BCUT2D eigenvalue weighted by molar-refractivity contribution is 7.98. The van der Waals surface area contributed by atoms with Gasteiger partial charge in [-0.15, -0.1) is 0 Å². The van der Waals surface area contributed by atoms with Crippen LogP contribution in [0.3, 0.4) is 0 Å². The maximum Gasteiger partial charge on any atom is 0.326 e. The van der Waals surface area contributed by atoms with E-state index in [0.717, 1.165) is 59.7 Å². The molecule has 2 fully saturated rings. The van der Waals surface area contributed by atoms with Crippen LogP contribution in [-0.2, 0) is 30.7 Å². The molecule has 360 valence electrons. The number of carboxylic acids is 2. The molecule has 0 radical (unpaired) electrons. The number of aryl methyl sites for hydroxylation is 1. The number of likely N-dealkylation sites (tertiary alicyclic amines) is 1. The van der Waals surface area contributed by atoms with Crippen molar-refractivity contribution in [2.75, 3.05) is 57.3 Å². The number of benzene rings is 2. The highest BCUT2D eigenvalue weighted by Crippen LogP contribution is 2.30. The maximum absolute atomic E-state index is 13.2. The lowest BCUT2D eigenvalue weighted by molar-refractivity contribution is -0.141. The summed E-state index contributed by atoms with van der Waals surface area (Å²) >= 11 is 3.43. The van der Waals surface area contributed by atoms with Crippen LogP contribution in [0.5, 0.6) is 0 Å². The van der Waals surface area contributed by atoms with E-state index in [4.69, 9.17) is 5.11 Å². The first-order chi connectivity index (χ1) is 29.4. The molecule has 1 aliphatic heterocycles. The van der Waals surface area contributed by atoms with Gasteiger partial charge in [0.25, 0.3) is 5.91 Å². The number of methoxy groups -OCH3 is 1. The Kier molecular flexibility index (Phi) is 41.1. The van der Waals surface area contributed by atoms with Gasteiger partial charge in [-0.25, -0.2) is 13.2 Å². The lowest BCUT2D eigenvalue weighted by atomic mass is 9.88. The zero-order chi connectivity index (χ0) is 48.1. The van der Waals surface area contributed by atoms with Crippen LogP contribution < -0.4 is 5.32 Å². The standard InChI is InChI=1S/C25H32N2O5S.C8H16.C6H12O2S.C4H10.C2H6O.C2H6S.C2H6/c1-17-7-4-5-9-20(17)22-15-19(16-27-13-6-8-18(27)2)10-11-21(22)24(28)26-23(25(29)30)12-14-33(3,31)32;1-2-8-6-4-3-5-7-8;1-5(6(7)8)3-4-9-2;1-3-4-2;2*1-3-2;1-2/h4-5,7,9-11,15,18,23H,6,8,12-14,16H2,1-3H3,(H,26,28)(H,29,30);8H,2-7H2,1H3;5H,3-4H2,1-2H3,(H,7,8);3-4H2,1-2H3;2*1-2H3;1-2H3. The molecule has 3 N–H and O–H groups in total. The number of carbonyl (C=O) groups excluding carboxylic acids is 1. The number of nitrogens with one attached hydrogen (secondary N) is 1. The van der Waals surface area contributed by atoms with Crippen LogP contribution in [0.1, 0.15) is 147 Å². The minimum atomic E-state index is -3.35. The van der Waals surface area contributed by atoms with E-state index in [1.54, 1.807) is 50.7 Å². The molecule has 3 atom stereocenters. The second-order valence-electron chi connectivity index (χ2n) is 15.7. The number of thioether (sulfide) groups is 2. The molecule has 3 unspecified atom stereocenters. The largest absolute Gasteiger partial charge is 0.481 e. The molecule has 2 aromatic rings. The lowest BCUT2D eigenvalue weighted by Gasteiger charge is -2.22. The van der Waals surface area contributed by atoms with E-state index in [0.29, 0.717) is 11.6 Å². The van der Waals surface area contributed by atoms with E-state index in [9.17, 15) is 27.9 Å². The molecule has 10 nitrogen and oxygen atoms in total. The number of carbonyl (C=O) groups is 3. The number of hydrogen-bond acceptors (Lipinski definition) is 9. The predicted molar refractivity (Wildman–Crippen MR) is 270 cm³/mol. The number of aliphatic carboxylic acids is 2. The van der Waals surface area contributed by atoms with Gasteiger partial charge in [-0.1, -0.05) is 123 Å². The van der Waals surface area contributed by atoms with Crippen molar-refractivity contribution >= 4 is 51.2 Å². The second-order valence-corrected chi connectivity index (χ2v) is 19.8. The van der Waals surface area contributed by atoms with Crippen molar-refractivity contribution in [2.24, 2.45) is 11.8 Å². The van der Waals surface area contributed by atoms with Crippen molar-refractivity contribution in [3.8, 4) is 11.1 Å². The Hall–Kier alpha value is -2.58. The van der Waals surface area contributed by atoms with Crippen LogP contribution in [-0.4, -0.2) is 111 Å². The summed E-state index contributed by atoms with van der Waals surface area (Å²) in [6.07, 6.45) is 21.6. The van der Waals surface area contributed by atoms with Gasteiger partial charge in [0.05, 0.1) is 11.7 Å². The molecule has 1 heterocycles. The Morgan fingerprint density at radius 2 is 1.44 bits per heavy atom. The van der Waals surface area contributed by atoms with E-state index < -0.39 is 33.7 Å². The van der Waals surface area contributed by atoms with Crippen LogP contribution in [0.25, 0.3) is 11.1 Å². The predicted octanol–water partition coefficient (Wildman–Crippen LogP) is 11.8. The normalized spacial score (nSPS) is 15.5. The Bertz CT molecular complexity index is 1550. The van der Waals surface area contributed by atoms with Crippen molar-refractivity contribution in [1.82, 2.24) is 10.2 Å². The van der Waals surface area contributed by atoms with Gasteiger partial charge >= 0.3 is 11.9 Å². The SMILES string of the molecule is CC.CCC1CCCCC1.CCCC.COC.CSC.CSCCC(C)C(=O)O.Cc1ccccc1-c1cc(CN2CCCC2C)ccc1C(=O)NC(CCS(C)(=O)=O)C(=O)O. The Morgan fingerprint density at radius 1 is 0.871 bits per heavy atom. The molecule has 1 saturated carbocycles. The second kappa shape index (κ2) is 40.0. The number of hydrogen-bond donors (Lipinski definition) is 3. The van der Waals surface area contributed by atoms with Gasteiger partial charge in [0, 0.05) is 38.6 Å². The topological polar surface area (TPSA) is 150 Å². The minimum Gasteiger partial charge on any atom is -0.481 e. The molecule has 1 amide bonds. The van der Waals surface area contributed by atoms with Gasteiger partial charge in [0.2, 0.25) is 0 Å². The quantitative estimate of drug-likeness (QED) is 0.157. The Morgan fingerprint density at radius 3 is 1.85 bits per heavy atom. The summed E-state index contributed by atoms with van der Waals surface area (Å²) in [7, 11) is -0.101. The van der Waals surface area contributed by atoms with Crippen molar-refractivity contribution in [3.63, 3.8) is 0 Å². The molecule has 2 aliphatic rings. The average molecular weight is 929 g/mol. The van der Waals surface area contributed by atoms with Crippen molar-refractivity contribution in [1.29, 1.82) is 0 Å². The fourth-order valence-corrected chi connectivity index (χ4v) is 7.54. The van der Waals surface area contributed by atoms with E-state index in [1.807, 2.05) is 75.9 Å². The van der Waals surface area contributed by atoms with Gasteiger partial charge < -0.3 is 20.3 Å². The first-order valence-electron chi connectivity index (χ1n) is 22.6. The molecule has 0 bridgehead atoms. The fourth-order valence-electron chi connectivity index (χ4n) is 6.29. The summed E-state index contributed by atoms with van der Waals surface area (Å²) in [6, 6.07) is 12.6. The first kappa shape index (κ1) is 63.7. The van der Waals surface area contributed by atoms with Crippen LogP contribution in [0, 0.1) is 18.8 Å². The highest BCUT2D eigenvalue weighted by atomic mass is 32.2. The first-order valence-corrected chi connectivity index (χ1v) is 27.7. The van der Waals surface area contributed by atoms with Crippen LogP contribution in [0.4, 0.5) is 0 Å². The molecule has 1 saturated heterocycles. The summed E-state index contributed by atoms with van der Waals surface area (Å²) in [5.74, 6) is -0.959. The molecule has 2 aromatic carbocycles. The zero-order valence-electron chi connectivity index (χ0n) is 41.2. The lowest BCUT2D eigenvalue weighted by Crippen LogP contribution is -2.42. The molecule has 1 aliphatic carbocycles. The monoisotopic (exact) mass is 929 g/mol. The molecular formula is C49H88N2O8S3. The van der Waals surface area contributed by atoms with Gasteiger partial charge in [0.1, 0.15) is 15.9 Å². The van der Waals surface area contributed by atoms with E-state index in [1.165, 1.54) is 64.2 Å². The van der Waals surface area contributed by atoms with Gasteiger partial charge in [-0.3, -0.25) is 14.5 Å². The minimum absolute atomic E-state index is 0.183. The number of carboxylic acid groups (broad SMARTS) is 2. The van der Waals surface area contributed by atoms with E-state index in [-0.39, 0.29) is 18.1 Å². The highest BCUT2D eigenvalue weighted by Gasteiger charge is 2.25. The van der Waals surface area contributed by atoms with E-state index >= 15 is 0 Å². The van der Waals surface area contributed by atoms with Crippen molar-refractivity contribution < 1.29 is 37.8 Å². The summed E-state index contributed by atoms with van der Waals surface area (Å²) in [6.45, 7) is 18.4. The molecule has 13 heteroatoms.